The van der Waals surface area contributed by atoms with Crippen molar-refractivity contribution in [2.75, 3.05) is 0 Å². The monoisotopic (exact) mass is 460 g/mol. The molecule has 0 amide bonds. The predicted molar refractivity (Wildman–Crippen MR) is 157 cm³/mol. The van der Waals surface area contributed by atoms with Crippen LogP contribution in [0.1, 0.15) is 16.7 Å². The molecule has 0 radical (unpaired) electrons. The van der Waals surface area contributed by atoms with E-state index in [0.717, 1.165) is 0 Å². The molecule has 0 aromatic heterocycles. The van der Waals surface area contributed by atoms with Crippen molar-refractivity contribution in [3.8, 4) is 0 Å². The van der Waals surface area contributed by atoms with E-state index in [1.165, 1.54) is 43.8 Å². The zero-order valence-corrected chi connectivity index (χ0v) is 20.2. The SMILES string of the molecule is C(/C=C/c1ccccc1)=C(c1ccccc1)c1ccccc1.c1ccc2cc3ccccc3cc2c1. The van der Waals surface area contributed by atoms with E-state index in [2.05, 4.69) is 152 Å². The first-order valence-corrected chi connectivity index (χ1v) is 12.3. The van der Waals surface area contributed by atoms with E-state index in [1.54, 1.807) is 0 Å². The minimum atomic E-state index is 1.21. The van der Waals surface area contributed by atoms with Gasteiger partial charge in [-0.3, -0.25) is 0 Å². The third kappa shape index (κ3) is 5.87. The van der Waals surface area contributed by atoms with E-state index in [1.807, 2.05) is 18.2 Å². The standard InChI is InChI=1S/C22H18.C14H10/c1-4-11-19(12-5-1)13-10-18-22(20-14-6-2-7-15-20)21-16-8-3-9-17-21;1-2-6-12-10-14-8-4-3-7-13(14)9-11(12)5-1/h1-18H;1-10H/b13-10+;. The summed E-state index contributed by atoms with van der Waals surface area (Å²) in [5.74, 6) is 0. The van der Waals surface area contributed by atoms with E-state index in [-0.39, 0.29) is 0 Å². The Hall–Kier alpha value is -4.68. The van der Waals surface area contributed by atoms with Crippen LogP contribution in [-0.4, -0.2) is 0 Å². The van der Waals surface area contributed by atoms with Crippen molar-refractivity contribution in [1.82, 2.24) is 0 Å². The van der Waals surface area contributed by atoms with Gasteiger partial charge >= 0.3 is 0 Å². The quantitative estimate of drug-likeness (QED) is 0.181. The average Bonchev–Trinajstić information content (AvgIpc) is 2.96. The van der Waals surface area contributed by atoms with Crippen molar-refractivity contribution in [3.63, 3.8) is 0 Å². The van der Waals surface area contributed by atoms with Crippen molar-refractivity contribution in [2.45, 2.75) is 0 Å². The van der Waals surface area contributed by atoms with Crippen LogP contribution in [0.3, 0.4) is 0 Å². The van der Waals surface area contributed by atoms with Gasteiger partial charge in [-0.05, 0) is 55.9 Å². The third-order valence-corrected chi connectivity index (χ3v) is 6.13. The lowest BCUT2D eigenvalue weighted by Crippen LogP contribution is -1.86. The molecule has 6 aromatic rings. The van der Waals surface area contributed by atoms with E-state index >= 15 is 0 Å². The summed E-state index contributed by atoms with van der Waals surface area (Å²) in [7, 11) is 0. The zero-order valence-electron chi connectivity index (χ0n) is 20.2. The van der Waals surface area contributed by atoms with Crippen molar-refractivity contribution in [3.05, 3.63) is 181 Å². The molecule has 6 aromatic carbocycles. The molecule has 0 heterocycles. The molecular formula is C36H28. The topological polar surface area (TPSA) is 0 Å². The average molecular weight is 461 g/mol. The third-order valence-electron chi connectivity index (χ3n) is 6.13. The first kappa shape index (κ1) is 23.1. The summed E-state index contributed by atoms with van der Waals surface area (Å²) in [4.78, 5) is 0. The summed E-state index contributed by atoms with van der Waals surface area (Å²) < 4.78 is 0. The molecule has 6 rings (SSSR count). The smallest absolute Gasteiger partial charge is 0.0111 e. The van der Waals surface area contributed by atoms with E-state index in [0.29, 0.717) is 0 Å². The molecule has 0 unspecified atom stereocenters. The molecule has 0 nitrogen and oxygen atoms in total. The van der Waals surface area contributed by atoms with Gasteiger partial charge in [0.1, 0.15) is 0 Å². The van der Waals surface area contributed by atoms with E-state index in [4.69, 9.17) is 0 Å². The van der Waals surface area contributed by atoms with E-state index in [9.17, 15) is 0 Å². The van der Waals surface area contributed by atoms with Crippen LogP contribution in [0.25, 0.3) is 33.2 Å². The molecule has 0 bridgehead atoms. The molecule has 0 fully saturated rings. The Morgan fingerprint density at radius 1 is 0.389 bits per heavy atom. The first-order chi connectivity index (χ1) is 17.9. The second-order valence-electron chi connectivity index (χ2n) is 8.63. The van der Waals surface area contributed by atoms with E-state index < -0.39 is 0 Å². The molecule has 0 atom stereocenters. The van der Waals surface area contributed by atoms with Crippen LogP contribution in [0.15, 0.2) is 164 Å². The first-order valence-electron chi connectivity index (χ1n) is 12.3. The molecule has 172 valence electrons. The summed E-state index contributed by atoms with van der Waals surface area (Å²) in [6.07, 6.45) is 6.42. The summed E-state index contributed by atoms with van der Waals surface area (Å²) in [6.45, 7) is 0. The molecule has 0 saturated carbocycles. The Kier molecular flexibility index (Phi) is 7.46. The highest BCUT2D eigenvalue weighted by Crippen LogP contribution is 2.24. The minimum absolute atomic E-state index is 1.21. The highest BCUT2D eigenvalue weighted by molar-refractivity contribution is 5.98. The van der Waals surface area contributed by atoms with Gasteiger partial charge in [0.25, 0.3) is 0 Å². The maximum atomic E-state index is 2.24. The number of rotatable bonds is 4. The largest absolute Gasteiger partial charge is 0.0622 e. The fourth-order valence-electron chi connectivity index (χ4n) is 4.30. The predicted octanol–water partition coefficient (Wildman–Crippen LogP) is 9.82. The zero-order chi connectivity index (χ0) is 24.4. The van der Waals surface area contributed by atoms with Crippen LogP contribution in [0, 0.1) is 0 Å². The fourth-order valence-corrected chi connectivity index (χ4v) is 4.30. The Balaban J connectivity index is 0.000000163. The van der Waals surface area contributed by atoms with Gasteiger partial charge < -0.3 is 0 Å². The number of hydrogen-bond donors (Lipinski definition) is 0. The Bertz CT molecular complexity index is 1450. The van der Waals surface area contributed by atoms with Crippen molar-refractivity contribution >= 4 is 33.2 Å². The lowest BCUT2D eigenvalue weighted by atomic mass is 9.97. The second kappa shape index (κ2) is 11.6. The minimum Gasteiger partial charge on any atom is -0.0622 e. The van der Waals surface area contributed by atoms with Gasteiger partial charge in [-0.15, -0.1) is 0 Å². The van der Waals surface area contributed by atoms with Gasteiger partial charge in [-0.1, -0.05) is 158 Å². The molecule has 0 aliphatic carbocycles. The van der Waals surface area contributed by atoms with Gasteiger partial charge in [0.2, 0.25) is 0 Å². The lowest BCUT2D eigenvalue weighted by molar-refractivity contribution is 1.55. The lowest BCUT2D eigenvalue weighted by Gasteiger charge is -2.07. The van der Waals surface area contributed by atoms with Crippen LogP contribution in [0.4, 0.5) is 0 Å². The fraction of sp³-hybridized carbons (Fsp3) is 0. The number of allylic oxidation sites excluding steroid dienone is 2. The summed E-state index contributed by atoms with van der Waals surface area (Å²) in [6, 6.07) is 52.8. The van der Waals surface area contributed by atoms with Gasteiger partial charge in [-0.25, -0.2) is 0 Å². The van der Waals surface area contributed by atoms with Gasteiger partial charge in [0, 0.05) is 0 Å². The Labute approximate surface area is 213 Å². The maximum Gasteiger partial charge on any atom is -0.0111 e. The van der Waals surface area contributed by atoms with Gasteiger partial charge in [-0.2, -0.15) is 0 Å². The van der Waals surface area contributed by atoms with Crippen molar-refractivity contribution in [1.29, 1.82) is 0 Å². The Morgan fingerprint density at radius 3 is 1.17 bits per heavy atom. The molecule has 0 spiro atoms. The highest BCUT2D eigenvalue weighted by atomic mass is 14.1. The Morgan fingerprint density at radius 2 is 0.750 bits per heavy atom. The van der Waals surface area contributed by atoms with Gasteiger partial charge in [0.05, 0.1) is 0 Å². The normalized spacial score (nSPS) is 10.7. The van der Waals surface area contributed by atoms with Crippen LogP contribution in [0.2, 0.25) is 0 Å². The summed E-state index contributed by atoms with van der Waals surface area (Å²) in [5, 5.41) is 5.25. The molecule has 0 aliphatic rings. The molecule has 36 heavy (non-hydrogen) atoms. The van der Waals surface area contributed by atoms with Crippen LogP contribution in [0.5, 0.6) is 0 Å². The molecule has 0 aliphatic heterocycles. The van der Waals surface area contributed by atoms with Crippen LogP contribution in [-0.2, 0) is 0 Å². The number of fused-ring (bicyclic) bond motifs is 2. The van der Waals surface area contributed by atoms with Gasteiger partial charge in [0.15, 0.2) is 0 Å². The summed E-state index contributed by atoms with van der Waals surface area (Å²) >= 11 is 0. The number of benzene rings is 6. The summed E-state index contributed by atoms with van der Waals surface area (Å²) in [5.41, 5.74) is 4.89. The molecular weight excluding hydrogens is 432 g/mol. The van der Waals surface area contributed by atoms with Crippen LogP contribution < -0.4 is 0 Å². The van der Waals surface area contributed by atoms with Crippen molar-refractivity contribution in [2.24, 2.45) is 0 Å². The highest BCUT2D eigenvalue weighted by Gasteiger charge is 2.02. The van der Waals surface area contributed by atoms with Crippen LogP contribution >= 0.6 is 0 Å². The molecule has 0 heteroatoms. The molecule has 0 saturated heterocycles. The number of hydrogen-bond acceptors (Lipinski definition) is 0. The maximum absolute atomic E-state index is 2.24. The van der Waals surface area contributed by atoms with Crippen molar-refractivity contribution < 1.29 is 0 Å². The second-order valence-corrected chi connectivity index (χ2v) is 8.63. The molecule has 0 N–H and O–H groups in total.